The number of carbonyl (C=O) groups is 1. The van der Waals surface area contributed by atoms with Gasteiger partial charge in [-0.05, 0) is 51.8 Å². The van der Waals surface area contributed by atoms with Crippen LogP contribution in [0.5, 0.6) is 5.75 Å². The third-order valence-electron chi connectivity index (χ3n) is 4.00. The molecule has 1 aromatic rings. The van der Waals surface area contributed by atoms with E-state index in [1.807, 2.05) is 33.8 Å². The molecule has 1 fully saturated rings. The standard InChI is InChI=1S/C18H27FN2O3/c1-12(13-6-7-16(23-5)15(19)10-13)20-14-8-9-21(11-14)17(22)24-18(2,3)4/h6-7,10,12,14,20H,8-9,11H2,1-5H3. The topological polar surface area (TPSA) is 50.8 Å². The summed E-state index contributed by atoms with van der Waals surface area (Å²) in [4.78, 5) is 13.8. The van der Waals surface area contributed by atoms with E-state index >= 15 is 0 Å². The molecule has 0 spiro atoms. The highest BCUT2D eigenvalue weighted by Crippen LogP contribution is 2.23. The molecule has 0 saturated carbocycles. The van der Waals surface area contributed by atoms with Crippen LogP contribution in [0.4, 0.5) is 9.18 Å². The summed E-state index contributed by atoms with van der Waals surface area (Å²) >= 11 is 0. The summed E-state index contributed by atoms with van der Waals surface area (Å²) < 4.78 is 24.2. The first-order valence-corrected chi connectivity index (χ1v) is 8.27. The average Bonchev–Trinajstić information content (AvgIpc) is 2.94. The molecule has 0 aliphatic carbocycles. The number of ether oxygens (including phenoxy) is 2. The summed E-state index contributed by atoms with van der Waals surface area (Å²) in [5.74, 6) is -0.131. The summed E-state index contributed by atoms with van der Waals surface area (Å²) in [6.07, 6.45) is 0.567. The number of nitrogens with zero attached hydrogens (tertiary/aromatic N) is 1. The van der Waals surface area contributed by atoms with Crippen LogP contribution in [0.1, 0.15) is 45.7 Å². The summed E-state index contributed by atoms with van der Waals surface area (Å²) in [6.45, 7) is 8.82. The van der Waals surface area contributed by atoms with Crippen LogP contribution in [0, 0.1) is 5.82 Å². The Morgan fingerprint density at radius 3 is 2.71 bits per heavy atom. The van der Waals surface area contributed by atoms with E-state index in [-0.39, 0.29) is 29.7 Å². The second-order valence-electron chi connectivity index (χ2n) is 7.19. The second-order valence-corrected chi connectivity index (χ2v) is 7.19. The number of likely N-dealkylation sites (tertiary alicyclic amines) is 1. The Bertz CT molecular complexity index is 586. The molecule has 6 heteroatoms. The van der Waals surface area contributed by atoms with Gasteiger partial charge in [0.2, 0.25) is 0 Å². The van der Waals surface area contributed by atoms with E-state index in [0.29, 0.717) is 13.1 Å². The molecule has 24 heavy (non-hydrogen) atoms. The van der Waals surface area contributed by atoms with Crippen molar-refractivity contribution in [2.45, 2.75) is 51.8 Å². The van der Waals surface area contributed by atoms with Crippen molar-refractivity contribution < 1.29 is 18.7 Å². The van der Waals surface area contributed by atoms with Crippen molar-refractivity contribution in [1.82, 2.24) is 10.2 Å². The minimum Gasteiger partial charge on any atom is -0.494 e. The Morgan fingerprint density at radius 1 is 1.42 bits per heavy atom. The summed E-state index contributed by atoms with van der Waals surface area (Å²) in [6, 6.07) is 5.11. The van der Waals surface area contributed by atoms with Gasteiger partial charge in [-0.3, -0.25) is 0 Å². The largest absolute Gasteiger partial charge is 0.494 e. The number of hydrogen-bond donors (Lipinski definition) is 1. The van der Waals surface area contributed by atoms with Crippen LogP contribution in [-0.2, 0) is 4.74 Å². The highest BCUT2D eigenvalue weighted by atomic mass is 19.1. The third kappa shape index (κ3) is 4.84. The first kappa shape index (κ1) is 18.5. The van der Waals surface area contributed by atoms with Crippen LogP contribution in [0.2, 0.25) is 0 Å². The molecule has 2 unspecified atom stereocenters. The van der Waals surface area contributed by atoms with E-state index in [1.54, 1.807) is 11.0 Å². The van der Waals surface area contributed by atoms with Gasteiger partial charge in [-0.1, -0.05) is 6.07 Å². The molecule has 1 aliphatic rings. The van der Waals surface area contributed by atoms with E-state index in [1.165, 1.54) is 13.2 Å². The Labute approximate surface area is 143 Å². The zero-order valence-electron chi connectivity index (χ0n) is 15.1. The molecule has 1 aliphatic heterocycles. The van der Waals surface area contributed by atoms with Gasteiger partial charge < -0.3 is 19.7 Å². The van der Waals surface area contributed by atoms with Crippen LogP contribution >= 0.6 is 0 Å². The Morgan fingerprint density at radius 2 is 2.12 bits per heavy atom. The molecule has 1 saturated heterocycles. The lowest BCUT2D eigenvalue weighted by atomic mass is 10.1. The number of methoxy groups -OCH3 is 1. The molecule has 0 radical (unpaired) electrons. The molecule has 1 aromatic carbocycles. The van der Waals surface area contributed by atoms with Crippen LogP contribution in [-0.4, -0.2) is 42.8 Å². The number of hydrogen-bond acceptors (Lipinski definition) is 4. The van der Waals surface area contributed by atoms with Gasteiger partial charge in [0, 0.05) is 25.2 Å². The minimum absolute atomic E-state index is 0.0195. The fraction of sp³-hybridized carbons (Fsp3) is 0.611. The smallest absolute Gasteiger partial charge is 0.410 e. The van der Waals surface area contributed by atoms with E-state index in [0.717, 1.165) is 12.0 Å². The molecule has 1 N–H and O–H groups in total. The summed E-state index contributed by atoms with van der Waals surface area (Å²) in [5, 5.41) is 3.45. The van der Waals surface area contributed by atoms with Gasteiger partial charge in [-0.15, -0.1) is 0 Å². The Kier molecular flexibility index (Phi) is 5.70. The van der Waals surface area contributed by atoms with Gasteiger partial charge in [0.1, 0.15) is 5.60 Å². The van der Waals surface area contributed by atoms with Gasteiger partial charge >= 0.3 is 6.09 Å². The fourth-order valence-electron chi connectivity index (χ4n) is 2.79. The van der Waals surface area contributed by atoms with E-state index in [4.69, 9.17) is 9.47 Å². The lowest BCUT2D eigenvalue weighted by Crippen LogP contribution is -2.39. The van der Waals surface area contributed by atoms with Crippen molar-refractivity contribution in [2.24, 2.45) is 0 Å². The lowest BCUT2D eigenvalue weighted by Gasteiger charge is -2.25. The zero-order chi connectivity index (χ0) is 17.9. The molecular formula is C18H27FN2O3. The van der Waals surface area contributed by atoms with Crippen molar-refractivity contribution in [2.75, 3.05) is 20.2 Å². The first-order chi connectivity index (χ1) is 11.2. The maximum atomic E-state index is 13.8. The predicted octanol–water partition coefficient (Wildman–Crippen LogP) is 3.49. The van der Waals surface area contributed by atoms with Gasteiger partial charge in [-0.25, -0.2) is 9.18 Å². The minimum atomic E-state index is -0.490. The van der Waals surface area contributed by atoms with E-state index in [2.05, 4.69) is 5.32 Å². The highest BCUT2D eigenvalue weighted by molar-refractivity contribution is 5.68. The van der Waals surface area contributed by atoms with Crippen LogP contribution < -0.4 is 10.1 Å². The molecule has 134 valence electrons. The van der Waals surface area contributed by atoms with Crippen molar-refractivity contribution in [3.8, 4) is 5.75 Å². The molecule has 2 rings (SSSR count). The predicted molar refractivity (Wildman–Crippen MR) is 90.7 cm³/mol. The van der Waals surface area contributed by atoms with Crippen LogP contribution in [0.3, 0.4) is 0 Å². The maximum Gasteiger partial charge on any atom is 0.410 e. The van der Waals surface area contributed by atoms with Crippen LogP contribution in [0.25, 0.3) is 0 Å². The third-order valence-corrected chi connectivity index (χ3v) is 4.00. The number of benzene rings is 1. The van der Waals surface area contributed by atoms with Gasteiger partial charge in [0.25, 0.3) is 0 Å². The number of rotatable bonds is 4. The van der Waals surface area contributed by atoms with E-state index in [9.17, 15) is 9.18 Å². The number of amides is 1. The Hall–Kier alpha value is -1.82. The van der Waals surface area contributed by atoms with E-state index < -0.39 is 5.60 Å². The number of halogens is 1. The quantitative estimate of drug-likeness (QED) is 0.913. The molecule has 5 nitrogen and oxygen atoms in total. The summed E-state index contributed by atoms with van der Waals surface area (Å²) in [7, 11) is 1.45. The molecule has 0 bridgehead atoms. The molecule has 1 amide bonds. The number of nitrogens with one attached hydrogen (secondary N) is 1. The van der Waals surface area contributed by atoms with Gasteiger partial charge in [-0.2, -0.15) is 0 Å². The molecular weight excluding hydrogens is 311 g/mol. The highest BCUT2D eigenvalue weighted by Gasteiger charge is 2.30. The average molecular weight is 338 g/mol. The van der Waals surface area contributed by atoms with Gasteiger partial charge in [0.05, 0.1) is 7.11 Å². The fourth-order valence-corrected chi connectivity index (χ4v) is 2.79. The zero-order valence-corrected chi connectivity index (χ0v) is 15.1. The van der Waals surface area contributed by atoms with Crippen molar-refractivity contribution in [3.63, 3.8) is 0 Å². The van der Waals surface area contributed by atoms with Crippen molar-refractivity contribution in [3.05, 3.63) is 29.6 Å². The van der Waals surface area contributed by atoms with Gasteiger partial charge in [0.15, 0.2) is 11.6 Å². The summed E-state index contributed by atoms with van der Waals surface area (Å²) in [5.41, 5.74) is 0.361. The van der Waals surface area contributed by atoms with Crippen LogP contribution in [0.15, 0.2) is 18.2 Å². The maximum absolute atomic E-state index is 13.8. The normalized spacial score (nSPS) is 19.2. The molecule has 0 aromatic heterocycles. The lowest BCUT2D eigenvalue weighted by molar-refractivity contribution is 0.0290. The first-order valence-electron chi connectivity index (χ1n) is 8.27. The van der Waals surface area contributed by atoms with Crippen molar-refractivity contribution in [1.29, 1.82) is 0 Å². The molecule has 1 heterocycles. The number of carbonyl (C=O) groups excluding carboxylic acids is 1. The molecule has 2 atom stereocenters. The second kappa shape index (κ2) is 7.38. The monoisotopic (exact) mass is 338 g/mol. The van der Waals surface area contributed by atoms with Crippen molar-refractivity contribution >= 4 is 6.09 Å². The SMILES string of the molecule is COc1ccc(C(C)NC2CCN(C(=O)OC(C)(C)C)C2)cc1F. The Balaban J connectivity index is 1.90.